The van der Waals surface area contributed by atoms with Crippen molar-refractivity contribution in [2.75, 3.05) is 18.4 Å². The molecule has 3 atom stereocenters. The number of β-amino-alcohol motifs (C(OH)–C–C–N with tert-alkyl or cyclic N) is 1. The molecule has 1 aliphatic rings. The van der Waals surface area contributed by atoms with Gasteiger partial charge in [0.05, 0.1) is 12.1 Å². The van der Waals surface area contributed by atoms with Crippen LogP contribution in [0.5, 0.6) is 0 Å². The Bertz CT molecular complexity index is 573. The lowest BCUT2D eigenvalue weighted by Gasteiger charge is -2.40. The average molecular weight is 296 g/mol. The number of nitrogens with zero attached hydrogens (tertiary/aromatic N) is 1. The number of para-hydroxylation sites is 1. The molecule has 0 amide bonds. The number of nitrogens with one attached hydrogen (secondary N) is 1. The molecular formula is C19H24N2O. The fourth-order valence-corrected chi connectivity index (χ4v) is 3.17. The summed E-state index contributed by atoms with van der Waals surface area (Å²) >= 11 is 0. The summed E-state index contributed by atoms with van der Waals surface area (Å²) in [5.41, 5.74) is 2.39. The number of aliphatic hydroxyl groups excluding tert-OH is 1. The van der Waals surface area contributed by atoms with Gasteiger partial charge in [0.2, 0.25) is 0 Å². The Morgan fingerprint density at radius 2 is 1.68 bits per heavy atom. The molecule has 1 unspecified atom stereocenters. The molecule has 3 nitrogen and oxygen atoms in total. The second-order valence-corrected chi connectivity index (χ2v) is 6.05. The van der Waals surface area contributed by atoms with E-state index in [9.17, 15) is 5.11 Å². The fraction of sp³-hybridized carbons (Fsp3) is 0.368. The summed E-state index contributed by atoms with van der Waals surface area (Å²) in [6, 6.07) is 21.1. The molecule has 0 radical (unpaired) electrons. The number of hydrogen-bond donors (Lipinski definition) is 2. The minimum absolute atomic E-state index is 0.127. The number of benzene rings is 2. The van der Waals surface area contributed by atoms with E-state index in [1.165, 1.54) is 5.56 Å². The largest absolute Gasteiger partial charge is 0.390 e. The molecule has 0 aromatic heterocycles. The van der Waals surface area contributed by atoms with E-state index in [0.717, 1.165) is 18.7 Å². The Kier molecular flexibility index (Phi) is 4.76. The third-order valence-corrected chi connectivity index (χ3v) is 4.57. The van der Waals surface area contributed by atoms with Crippen molar-refractivity contribution < 1.29 is 5.11 Å². The van der Waals surface area contributed by atoms with E-state index < -0.39 is 0 Å². The topological polar surface area (TPSA) is 35.5 Å². The highest BCUT2D eigenvalue weighted by molar-refractivity contribution is 5.43. The summed E-state index contributed by atoms with van der Waals surface area (Å²) in [7, 11) is 0. The summed E-state index contributed by atoms with van der Waals surface area (Å²) in [6.07, 6.45) is 0.605. The molecule has 2 aromatic carbocycles. The first-order chi connectivity index (χ1) is 10.7. The summed E-state index contributed by atoms with van der Waals surface area (Å²) in [5.74, 6) is 0. The van der Waals surface area contributed by atoms with Crippen LogP contribution in [-0.2, 0) is 0 Å². The van der Waals surface area contributed by atoms with Crippen LogP contribution in [0.4, 0.5) is 5.69 Å². The van der Waals surface area contributed by atoms with Gasteiger partial charge in [0.25, 0.3) is 0 Å². The van der Waals surface area contributed by atoms with Crippen molar-refractivity contribution in [2.45, 2.75) is 31.5 Å². The van der Waals surface area contributed by atoms with E-state index in [1.807, 2.05) is 36.4 Å². The number of likely N-dealkylation sites (tertiary alicyclic amines) is 1. The van der Waals surface area contributed by atoms with Crippen molar-refractivity contribution in [2.24, 2.45) is 0 Å². The van der Waals surface area contributed by atoms with Gasteiger partial charge in [-0.15, -0.1) is 0 Å². The first-order valence-electron chi connectivity index (χ1n) is 8.02. The van der Waals surface area contributed by atoms with Crippen LogP contribution in [-0.4, -0.2) is 35.2 Å². The molecule has 2 N–H and O–H groups in total. The lowest BCUT2D eigenvalue weighted by Crippen LogP contribution is -2.50. The van der Waals surface area contributed by atoms with Gasteiger partial charge in [0, 0.05) is 24.8 Å². The van der Waals surface area contributed by atoms with Gasteiger partial charge in [-0.05, 0) is 31.0 Å². The van der Waals surface area contributed by atoms with Crippen molar-refractivity contribution in [1.29, 1.82) is 0 Å². The van der Waals surface area contributed by atoms with Gasteiger partial charge < -0.3 is 10.4 Å². The number of hydrogen-bond acceptors (Lipinski definition) is 3. The molecule has 0 spiro atoms. The summed E-state index contributed by atoms with van der Waals surface area (Å²) in [5, 5.41) is 13.9. The predicted molar refractivity (Wildman–Crippen MR) is 90.9 cm³/mol. The Hall–Kier alpha value is -1.84. The maximum Gasteiger partial charge on any atom is 0.0868 e. The highest BCUT2D eigenvalue weighted by Crippen LogP contribution is 2.25. The standard InChI is InChI=1S/C19H24N2O/c1-15(16-8-4-2-5-9-16)21-13-12-18(19(22)14-21)20-17-10-6-3-7-11-17/h2-11,15,18-20,22H,12-14H2,1H3/t15?,18-,19-/m0/s1. The second kappa shape index (κ2) is 6.95. The first-order valence-corrected chi connectivity index (χ1v) is 8.02. The van der Waals surface area contributed by atoms with Crippen LogP contribution in [0.15, 0.2) is 60.7 Å². The van der Waals surface area contributed by atoms with Gasteiger partial charge in [-0.25, -0.2) is 0 Å². The molecule has 22 heavy (non-hydrogen) atoms. The zero-order valence-electron chi connectivity index (χ0n) is 13.0. The molecule has 1 aliphatic heterocycles. The normalized spacial score (nSPS) is 23.9. The van der Waals surface area contributed by atoms with Crippen LogP contribution in [0.25, 0.3) is 0 Å². The van der Waals surface area contributed by atoms with Gasteiger partial charge in [0.1, 0.15) is 0 Å². The maximum atomic E-state index is 10.5. The molecular weight excluding hydrogens is 272 g/mol. The zero-order valence-corrected chi connectivity index (χ0v) is 13.0. The molecule has 116 valence electrons. The number of anilines is 1. The highest BCUT2D eigenvalue weighted by Gasteiger charge is 2.30. The van der Waals surface area contributed by atoms with Crippen LogP contribution in [0.2, 0.25) is 0 Å². The van der Waals surface area contributed by atoms with Crippen LogP contribution >= 0.6 is 0 Å². The Morgan fingerprint density at radius 1 is 1.05 bits per heavy atom. The number of rotatable bonds is 4. The smallest absolute Gasteiger partial charge is 0.0868 e. The van der Waals surface area contributed by atoms with E-state index in [-0.39, 0.29) is 12.1 Å². The third-order valence-electron chi connectivity index (χ3n) is 4.57. The van der Waals surface area contributed by atoms with E-state index in [1.54, 1.807) is 0 Å². The number of piperidine rings is 1. The molecule has 2 aromatic rings. The molecule has 0 bridgehead atoms. The van der Waals surface area contributed by atoms with Crippen molar-refractivity contribution in [3.63, 3.8) is 0 Å². The monoisotopic (exact) mass is 296 g/mol. The van der Waals surface area contributed by atoms with Crippen LogP contribution in [0.1, 0.15) is 24.9 Å². The summed E-state index contributed by atoms with van der Waals surface area (Å²) < 4.78 is 0. The van der Waals surface area contributed by atoms with Crippen molar-refractivity contribution in [1.82, 2.24) is 4.90 Å². The van der Waals surface area contributed by atoms with Crippen LogP contribution < -0.4 is 5.32 Å². The van der Waals surface area contributed by atoms with Gasteiger partial charge in [0.15, 0.2) is 0 Å². The molecule has 0 aliphatic carbocycles. The predicted octanol–water partition coefficient (Wildman–Crippen LogP) is 3.29. The third kappa shape index (κ3) is 3.49. The highest BCUT2D eigenvalue weighted by atomic mass is 16.3. The van der Waals surface area contributed by atoms with Gasteiger partial charge in [-0.3, -0.25) is 4.90 Å². The average Bonchev–Trinajstić information content (AvgIpc) is 2.58. The van der Waals surface area contributed by atoms with E-state index >= 15 is 0 Å². The van der Waals surface area contributed by atoms with Gasteiger partial charge >= 0.3 is 0 Å². The molecule has 1 fully saturated rings. The summed E-state index contributed by atoms with van der Waals surface area (Å²) in [6.45, 7) is 3.92. The molecule has 1 heterocycles. The minimum atomic E-state index is -0.347. The van der Waals surface area contributed by atoms with Crippen LogP contribution in [0, 0.1) is 0 Å². The van der Waals surface area contributed by atoms with Crippen LogP contribution in [0.3, 0.4) is 0 Å². The first kappa shape index (κ1) is 15.1. The van der Waals surface area contributed by atoms with Crippen molar-refractivity contribution in [3.05, 3.63) is 66.2 Å². The van der Waals surface area contributed by atoms with Crippen molar-refractivity contribution in [3.8, 4) is 0 Å². The maximum absolute atomic E-state index is 10.5. The second-order valence-electron chi connectivity index (χ2n) is 6.05. The number of aliphatic hydroxyl groups is 1. The van der Waals surface area contributed by atoms with Gasteiger partial charge in [-0.2, -0.15) is 0 Å². The Labute approximate surface area is 132 Å². The molecule has 3 rings (SSSR count). The molecule has 0 saturated carbocycles. The van der Waals surface area contributed by atoms with Gasteiger partial charge in [-0.1, -0.05) is 48.5 Å². The van der Waals surface area contributed by atoms with E-state index in [0.29, 0.717) is 12.6 Å². The lowest BCUT2D eigenvalue weighted by molar-refractivity contribution is 0.0408. The summed E-state index contributed by atoms with van der Waals surface area (Å²) in [4.78, 5) is 2.36. The SMILES string of the molecule is CC(c1ccccc1)N1CC[C@H](Nc2ccccc2)[C@@H](O)C1. The molecule has 3 heteroatoms. The van der Waals surface area contributed by atoms with E-state index in [4.69, 9.17) is 0 Å². The quantitative estimate of drug-likeness (QED) is 0.909. The van der Waals surface area contributed by atoms with Crippen molar-refractivity contribution >= 4 is 5.69 Å². The molecule has 1 saturated heterocycles. The van der Waals surface area contributed by atoms with E-state index in [2.05, 4.69) is 41.4 Å². The fourth-order valence-electron chi connectivity index (χ4n) is 3.17. The lowest BCUT2D eigenvalue weighted by atomic mass is 9.98. The Balaban J connectivity index is 1.60. The minimum Gasteiger partial charge on any atom is -0.390 e. The Morgan fingerprint density at radius 3 is 2.32 bits per heavy atom. The zero-order chi connectivity index (χ0) is 15.4.